The smallest absolute Gasteiger partial charge is 0.259 e. The van der Waals surface area contributed by atoms with E-state index in [1.165, 1.54) is 6.08 Å². The molecule has 152 valence electrons. The Bertz CT molecular complexity index is 788. The number of ketones is 1. The van der Waals surface area contributed by atoms with E-state index in [9.17, 15) is 14.7 Å². The molecule has 3 aliphatic rings. The average molecular weight is 387 g/mol. The van der Waals surface area contributed by atoms with Crippen molar-refractivity contribution in [1.29, 1.82) is 0 Å². The number of amides is 1. The zero-order valence-corrected chi connectivity index (χ0v) is 17.1. The summed E-state index contributed by atoms with van der Waals surface area (Å²) in [6.07, 6.45) is 8.42. The van der Waals surface area contributed by atoms with E-state index in [1.54, 1.807) is 6.08 Å². The first-order valence-corrected chi connectivity index (χ1v) is 9.76. The molecule has 3 rings (SSSR count). The van der Waals surface area contributed by atoms with Crippen molar-refractivity contribution in [3.05, 3.63) is 46.8 Å². The standard InChI is InChI=1S/C22H29NO5/c1-12(6-8-16(24)19-17(25)11-23-21(19)26)10-13(2)20-15(4)18-9-7-14(3)22(5,27-18)28-20/h6-8,10,13,15,18,20,24H,9,11H2,1-5H3,(H,23,26)/b8-6-,12-10-,19-16-/t13-,15+,18-,20-,22-/m1/s1. The summed E-state index contributed by atoms with van der Waals surface area (Å²) in [5.41, 5.74) is 1.83. The molecule has 2 bridgehead atoms. The van der Waals surface area contributed by atoms with E-state index >= 15 is 0 Å². The van der Waals surface area contributed by atoms with E-state index < -0.39 is 17.5 Å². The summed E-state index contributed by atoms with van der Waals surface area (Å²) in [4.78, 5) is 23.3. The van der Waals surface area contributed by atoms with E-state index in [0.29, 0.717) is 0 Å². The van der Waals surface area contributed by atoms with E-state index in [0.717, 1.165) is 17.6 Å². The Labute approximate surface area is 166 Å². The minimum atomic E-state index is -0.676. The highest BCUT2D eigenvalue weighted by atomic mass is 16.7. The molecule has 3 aliphatic heterocycles. The summed E-state index contributed by atoms with van der Waals surface area (Å²) in [6.45, 7) is 10.1. The lowest BCUT2D eigenvalue weighted by Gasteiger charge is -2.50. The molecule has 2 N–H and O–H groups in total. The van der Waals surface area contributed by atoms with Crippen molar-refractivity contribution < 1.29 is 24.2 Å². The van der Waals surface area contributed by atoms with Crippen molar-refractivity contribution >= 4 is 11.7 Å². The molecule has 2 saturated heterocycles. The molecule has 0 radical (unpaired) electrons. The minimum Gasteiger partial charge on any atom is -0.507 e. The molecule has 0 spiro atoms. The number of fused-ring (bicyclic) bond motifs is 2. The van der Waals surface area contributed by atoms with Gasteiger partial charge in [0, 0.05) is 11.8 Å². The lowest BCUT2D eigenvalue weighted by Crippen LogP contribution is -2.55. The van der Waals surface area contributed by atoms with Gasteiger partial charge in [0.05, 0.1) is 18.8 Å². The largest absolute Gasteiger partial charge is 0.507 e. The van der Waals surface area contributed by atoms with Crippen molar-refractivity contribution in [2.75, 3.05) is 6.54 Å². The van der Waals surface area contributed by atoms with E-state index in [4.69, 9.17) is 9.47 Å². The topological polar surface area (TPSA) is 84.9 Å². The molecule has 6 heteroatoms. The van der Waals surface area contributed by atoms with Crippen LogP contribution < -0.4 is 5.32 Å². The van der Waals surface area contributed by atoms with E-state index in [2.05, 4.69) is 31.3 Å². The first kappa shape index (κ1) is 20.6. The quantitative estimate of drug-likeness (QED) is 0.255. The Morgan fingerprint density at radius 2 is 2.07 bits per heavy atom. The maximum Gasteiger partial charge on any atom is 0.259 e. The van der Waals surface area contributed by atoms with E-state index in [-0.39, 0.29) is 41.9 Å². The van der Waals surface area contributed by atoms with Gasteiger partial charge in [-0.05, 0) is 38.8 Å². The number of rotatable bonds is 4. The molecule has 0 aromatic heterocycles. The number of carbonyl (C=O) groups excluding carboxylic acids is 2. The van der Waals surface area contributed by atoms with Gasteiger partial charge in [-0.3, -0.25) is 9.59 Å². The fourth-order valence-corrected chi connectivity index (χ4v) is 4.10. The number of allylic oxidation sites excluding steroid dienone is 3. The minimum absolute atomic E-state index is 0.00453. The fourth-order valence-electron chi connectivity index (χ4n) is 4.10. The van der Waals surface area contributed by atoms with Gasteiger partial charge in [-0.15, -0.1) is 0 Å². The maximum absolute atomic E-state index is 11.7. The number of hydrogen-bond acceptors (Lipinski definition) is 5. The third-order valence-electron chi connectivity index (χ3n) is 5.93. The molecule has 0 unspecified atom stereocenters. The highest BCUT2D eigenvalue weighted by Crippen LogP contribution is 2.43. The Kier molecular flexibility index (Phi) is 5.64. The molecule has 3 heterocycles. The summed E-state index contributed by atoms with van der Waals surface area (Å²) in [5, 5.41) is 12.5. The van der Waals surface area contributed by atoms with Crippen LogP contribution in [0, 0.1) is 11.8 Å². The van der Waals surface area contributed by atoms with Crippen molar-refractivity contribution in [1.82, 2.24) is 5.32 Å². The molecule has 0 aromatic carbocycles. The van der Waals surface area contributed by atoms with Gasteiger partial charge in [0.25, 0.3) is 5.91 Å². The molecule has 0 saturated carbocycles. The first-order chi connectivity index (χ1) is 13.1. The molecule has 0 aliphatic carbocycles. The van der Waals surface area contributed by atoms with Crippen LogP contribution in [0.15, 0.2) is 46.8 Å². The van der Waals surface area contributed by atoms with Crippen LogP contribution in [0.4, 0.5) is 0 Å². The summed E-state index contributed by atoms with van der Waals surface area (Å²) >= 11 is 0. The van der Waals surface area contributed by atoms with Crippen molar-refractivity contribution in [3.8, 4) is 0 Å². The predicted octanol–water partition coefficient (Wildman–Crippen LogP) is 3.12. The number of nitrogens with one attached hydrogen (secondary N) is 1. The van der Waals surface area contributed by atoms with Gasteiger partial charge < -0.3 is 19.9 Å². The molecule has 2 fully saturated rings. The average Bonchev–Trinajstić information content (AvgIpc) is 2.97. The van der Waals surface area contributed by atoms with Crippen molar-refractivity contribution in [2.24, 2.45) is 11.8 Å². The van der Waals surface area contributed by atoms with Crippen LogP contribution in [0.1, 0.15) is 41.0 Å². The molecular formula is C22H29NO5. The van der Waals surface area contributed by atoms with Crippen molar-refractivity contribution in [2.45, 2.75) is 59.0 Å². The number of carbonyl (C=O) groups is 2. The lowest BCUT2D eigenvalue weighted by atomic mass is 9.82. The molecule has 5 atom stereocenters. The fraction of sp³-hybridized carbons (Fsp3) is 0.545. The molecule has 6 nitrogen and oxygen atoms in total. The number of aliphatic hydroxyl groups excluding tert-OH is 1. The summed E-state index contributed by atoms with van der Waals surface area (Å²) in [6, 6.07) is 0. The Hall–Kier alpha value is -2.18. The second-order valence-corrected chi connectivity index (χ2v) is 8.14. The maximum atomic E-state index is 11.7. The van der Waals surface area contributed by atoms with Crippen LogP contribution >= 0.6 is 0 Å². The number of hydrogen-bond donors (Lipinski definition) is 2. The van der Waals surface area contributed by atoms with Gasteiger partial charge >= 0.3 is 0 Å². The summed E-state index contributed by atoms with van der Waals surface area (Å²) in [7, 11) is 0. The number of Topliss-reactive ketones (excluding diaryl/α,β-unsaturated/α-hetero) is 1. The summed E-state index contributed by atoms with van der Waals surface area (Å²) < 4.78 is 12.5. The van der Waals surface area contributed by atoms with Gasteiger partial charge in [-0.25, -0.2) is 0 Å². The predicted molar refractivity (Wildman–Crippen MR) is 105 cm³/mol. The zero-order chi connectivity index (χ0) is 20.6. The molecule has 1 amide bonds. The van der Waals surface area contributed by atoms with Gasteiger partial charge in [-0.2, -0.15) is 0 Å². The molecular weight excluding hydrogens is 358 g/mol. The SMILES string of the molecule is CC1=CC[C@H]2O[C@]1(C)O[C@H]([C@H](C)\C=C(C)/C=C\C(O)=C1/C(=O)CNC1=O)[C@H]2C. The van der Waals surface area contributed by atoms with Gasteiger partial charge in [0.2, 0.25) is 0 Å². The van der Waals surface area contributed by atoms with Crippen LogP contribution in [0.2, 0.25) is 0 Å². The number of ether oxygens (including phenoxy) is 2. The normalized spacial score (nSPS) is 36.4. The Balaban J connectivity index is 1.74. The van der Waals surface area contributed by atoms with E-state index in [1.807, 2.05) is 20.8 Å². The van der Waals surface area contributed by atoms with Gasteiger partial charge in [-0.1, -0.05) is 37.6 Å². The lowest BCUT2D eigenvalue weighted by molar-refractivity contribution is -0.318. The Morgan fingerprint density at radius 1 is 1.36 bits per heavy atom. The first-order valence-electron chi connectivity index (χ1n) is 9.76. The van der Waals surface area contributed by atoms with Gasteiger partial charge in [0.15, 0.2) is 11.6 Å². The van der Waals surface area contributed by atoms with Crippen LogP contribution in [0.3, 0.4) is 0 Å². The monoisotopic (exact) mass is 387 g/mol. The highest BCUT2D eigenvalue weighted by Gasteiger charge is 2.47. The Morgan fingerprint density at radius 3 is 2.71 bits per heavy atom. The van der Waals surface area contributed by atoms with Gasteiger partial charge in [0.1, 0.15) is 11.3 Å². The second kappa shape index (κ2) is 7.68. The van der Waals surface area contributed by atoms with Crippen LogP contribution in [0.5, 0.6) is 0 Å². The van der Waals surface area contributed by atoms with Crippen molar-refractivity contribution in [3.63, 3.8) is 0 Å². The number of aliphatic hydroxyl groups is 1. The third-order valence-corrected chi connectivity index (χ3v) is 5.93. The van der Waals surface area contributed by atoms with Crippen LogP contribution in [-0.4, -0.2) is 41.3 Å². The third kappa shape index (κ3) is 3.84. The zero-order valence-electron chi connectivity index (χ0n) is 17.1. The second-order valence-electron chi connectivity index (χ2n) is 8.14. The summed E-state index contributed by atoms with van der Waals surface area (Å²) in [5.74, 6) is -1.54. The molecule has 0 aromatic rings. The highest BCUT2D eigenvalue weighted by molar-refractivity contribution is 6.25. The van der Waals surface area contributed by atoms with Crippen LogP contribution in [0.25, 0.3) is 0 Å². The molecule has 28 heavy (non-hydrogen) atoms. The van der Waals surface area contributed by atoms with Crippen LogP contribution in [-0.2, 0) is 19.1 Å².